The Morgan fingerprint density at radius 3 is 2.44 bits per heavy atom. The minimum Gasteiger partial charge on any atom is -0.385 e. The zero-order valence-electron chi connectivity index (χ0n) is 10.5. The van der Waals surface area contributed by atoms with Gasteiger partial charge in [0.1, 0.15) is 0 Å². The SMILES string of the molecule is CCC(C)c1ccc(NCC2CCC2)cc1. The van der Waals surface area contributed by atoms with Crippen molar-refractivity contribution in [3.63, 3.8) is 0 Å². The highest BCUT2D eigenvalue weighted by atomic mass is 14.9. The van der Waals surface area contributed by atoms with E-state index in [4.69, 9.17) is 0 Å². The van der Waals surface area contributed by atoms with Gasteiger partial charge in [0, 0.05) is 12.2 Å². The van der Waals surface area contributed by atoms with Crippen molar-refractivity contribution in [3.8, 4) is 0 Å². The molecule has 0 amide bonds. The van der Waals surface area contributed by atoms with Crippen LogP contribution in [0.1, 0.15) is 51.0 Å². The second-order valence-corrected chi connectivity index (χ2v) is 5.11. The van der Waals surface area contributed by atoms with E-state index in [1.54, 1.807) is 0 Å². The van der Waals surface area contributed by atoms with E-state index in [-0.39, 0.29) is 0 Å². The van der Waals surface area contributed by atoms with Gasteiger partial charge >= 0.3 is 0 Å². The molecule has 2 rings (SSSR count). The molecule has 0 radical (unpaired) electrons. The van der Waals surface area contributed by atoms with Crippen LogP contribution in [0.5, 0.6) is 0 Å². The van der Waals surface area contributed by atoms with Gasteiger partial charge in [-0.15, -0.1) is 0 Å². The van der Waals surface area contributed by atoms with Crippen LogP contribution in [0.25, 0.3) is 0 Å². The van der Waals surface area contributed by atoms with E-state index < -0.39 is 0 Å². The van der Waals surface area contributed by atoms with Crippen molar-refractivity contribution < 1.29 is 0 Å². The van der Waals surface area contributed by atoms with Gasteiger partial charge < -0.3 is 5.32 Å². The molecule has 1 unspecified atom stereocenters. The summed E-state index contributed by atoms with van der Waals surface area (Å²) in [6, 6.07) is 8.97. The van der Waals surface area contributed by atoms with Gasteiger partial charge in [0.05, 0.1) is 0 Å². The molecule has 1 saturated carbocycles. The molecule has 88 valence electrons. The largest absolute Gasteiger partial charge is 0.385 e. The van der Waals surface area contributed by atoms with E-state index in [1.807, 2.05) is 0 Å². The van der Waals surface area contributed by atoms with Crippen LogP contribution in [0.15, 0.2) is 24.3 Å². The van der Waals surface area contributed by atoms with Crippen LogP contribution in [0.2, 0.25) is 0 Å². The minimum atomic E-state index is 0.681. The average Bonchev–Trinajstić information content (AvgIpc) is 2.27. The molecule has 0 bridgehead atoms. The van der Waals surface area contributed by atoms with E-state index in [0.717, 1.165) is 12.5 Å². The molecule has 1 aromatic rings. The van der Waals surface area contributed by atoms with E-state index in [2.05, 4.69) is 43.4 Å². The van der Waals surface area contributed by atoms with Crippen molar-refractivity contribution in [1.29, 1.82) is 0 Å². The van der Waals surface area contributed by atoms with Gasteiger partial charge in [0.25, 0.3) is 0 Å². The maximum absolute atomic E-state index is 3.53. The Labute approximate surface area is 99.3 Å². The van der Waals surface area contributed by atoms with Gasteiger partial charge in [-0.2, -0.15) is 0 Å². The summed E-state index contributed by atoms with van der Waals surface area (Å²) in [6.45, 7) is 5.69. The van der Waals surface area contributed by atoms with Crippen LogP contribution in [0, 0.1) is 5.92 Å². The van der Waals surface area contributed by atoms with Crippen LogP contribution in [0.4, 0.5) is 5.69 Å². The van der Waals surface area contributed by atoms with E-state index in [0.29, 0.717) is 5.92 Å². The topological polar surface area (TPSA) is 12.0 Å². The van der Waals surface area contributed by atoms with Gasteiger partial charge in [-0.05, 0) is 48.8 Å². The Kier molecular flexibility index (Phi) is 3.87. The lowest BCUT2D eigenvalue weighted by Gasteiger charge is -2.25. The van der Waals surface area contributed by atoms with E-state index in [1.165, 1.54) is 36.9 Å². The molecular formula is C15H23N. The van der Waals surface area contributed by atoms with Crippen molar-refractivity contribution in [2.45, 2.75) is 45.4 Å². The third kappa shape index (κ3) is 2.78. The summed E-state index contributed by atoms with van der Waals surface area (Å²) >= 11 is 0. The lowest BCUT2D eigenvalue weighted by molar-refractivity contribution is 0.333. The summed E-state index contributed by atoms with van der Waals surface area (Å²) in [5.74, 6) is 1.61. The molecular weight excluding hydrogens is 194 g/mol. The van der Waals surface area contributed by atoms with Crippen molar-refractivity contribution >= 4 is 5.69 Å². The number of hydrogen-bond acceptors (Lipinski definition) is 1. The first kappa shape index (κ1) is 11.5. The Morgan fingerprint density at radius 1 is 1.25 bits per heavy atom. The van der Waals surface area contributed by atoms with Crippen LogP contribution < -0.4 is 5.32 Å². The van der Waals surface area contributed by atoms with Gasteiger partial charge in [-0.25, -0.2) is 0 Å². The fourth-order valence-electron chi connectivity index (χ4n) is 2.12. The monoisotopic (exact) mass is 217 g/mol. The molecule has 1 N–H and O–H groups in total. The van der Waals surface area contributed by atoms with Gasteiger partial charge in [-0.1, -0.05) is 32.4 Å². The molecule has 0 aromatic heterocycles. The molecule has 0 spiro atoms. The number of anilines is 1. The fraction of sp³-hybridized carbons (Fsp3) is 0.600. The lowest BCUT2D eigenvalue weighted by Crippen LogP contribution is -2.20. The molecule has 1 aromatic carbocycles. The van der Waals surface area contributed by atoms with Crippen molar-refractivity contribution in [1.82, 2.24) is 0 Å². The molecule has 1 aliphatic carbocycles. The standard InChI is InChI=1S/C15H23N/c1-3-12(2)14-7-9-15(10-8-14)16-11-13-5-4-6-13/h7-10,12-13,16H,3-6,11H2,1-2H3. The van der Waals surface area contributed by atoms with Crippen LogP contribution in [-0.4, -0.2) is 6.54 Å². The lowest BCUT2D eigenvalue weighted by atomic mass is 9.85. The summed E-state index contributed by atoms with van der Waals surface area (Å²) in [5.41, 5.74) is 2.73. The summed E-state index contributed by atoms with van der Waals surface area (Å²) in [6.07, 6.45) is 5.48. The first-order valence-corrected chi connectivity index (χ1v) is 6.63. The highest BCUT2D eigenvalue weighted by Gasteiger charge is 2.16. The van der Waals surface area contributed by atoms with Crippen molar-refractivity contribution in [2.24, 2.45) is 5.92 Å². The van der Waals surface area contributed by atoms with E-state index >= 15 is 0 Å². The second kappa shape index (κ2) is 5.38. The zero-order valence-corrected chi connectivity index (χ0v) is 10.5. The summed E-state index contributed by atoms with van der Waals surface area (Å²) in [5, 5.41) is 3.53. The molecule has 0 aliphatic heterocycles. The van der Waals surface area contributed by atoms with Gasteiger partial charge in [-0.3, -0.25) is 0 Å². The Balaban J connectivity index is 1.85. The Hall–Kier alpha value is -0.980. The predicted molar refractivity (Wildman–Crippen MR) is 71.0 cm³/mol. The average molecular weight is 217 g/mol. The van der Waals surface area contributed by atoms with Gasteiger partial charge in [0.2, 0.25) is 0 Å². The molecule has 1 aliphatic rings. The normalized spacial score (nSPS) is 17.9. The van der Waals surface area contributed by atoms with Crippen molar-refractivity contribution in [2.75, 3.05) is 11.9 Å². The number of rotatable bonds is 5. The first-order valence-electron chi connectivity index (χ1n) is 6.63. The molecule has 1 heteroatoms. The maximum Gasteiger partial charge on any atom is 0.0340 e. The third-order valence-corrected chi connectivity index (χ3v) is 3.91. The third-order valence-electron chi connectivity index (χ3n) is 3.91. The highest BCUT2D eigenvalue weighted by molar-refractivity contribution is 5.45. The number of nitrogens with one attached hydrogen (secondary N) is 1. The van der Waals surface area contributed by atoms with Crippen LogP contribution in [0.3, 0.4) is 0 Å². The highest BCUT2D eigenvalue weighted by Crippen LogP contribution is 2.27. The quantitative estimate of drug-likeness (QED) is 0.770. The first-order chi connectivity index (χ1) is 7.79. The number of hydrogen-bond donors (Lipinski definition) is 1. The molecule has 0 heterocycles. The number of benzene rings is 1. The van der Waals surface area contributed by atoms with E-state index in [9.17, 15) is 0 Å². The van der Waals surface area contributed by atoms with Crippen LogP contribution in [-0.2, 0) is 0 Å². The molecule has 0 saturated heterocycles. The Bertz CT molecular complexity index is 311. The smallest absolute Gasteiger partial charge is 0.0340 e. The molecule has 1 atom stereocenters. The van der Waals surface area contributed by atoms with Crippen LogP contribution >= 0.6 is 0 Å². The summed E-state index contributed by atoms with van der Waals surface area (Å²) in [4.78, 5) is 0. The Morgan fingerprint density at radius 2 is 1.94 bits per heavy atom. The van der Waals surface area contributed by atoms with Gasteiger partial charge in [0.15, 0.2) is 0 Å². The second-order valence-electron chi connectivity index (χ2n) is 5.11. The molecule has 1 fully saturated rings. The molecule has 16 heavy (non-hydrogen) atoms. The zero-order chi connectivity index (χ0) is 11.4. The predicted octanol–water partition coefficient (Wildman–Crippen LogP) is 4.41. The summed E-state index contributed by atoms with van der Waals surface area (Å²) < 4.78 is 0. The fourth-order valence-corrected chi connectivity index (χ4v) is 2.12. The molecule has 1 nitrogen and oxygen atoms in total. The maximum atomic E-state index is 3.53. The van der Waals surface area contributed by atoms with Crippen molar-refractivity contribution in [3.05, 3.63) is 29.8 Å². The minimum absolute atomic E-state index is 0.681. The summed E-state index contributed by atoms with van der Waals surface area (Å²) in [7, 11) is 0.